The number of likely N-dealkylation sites (N-methyl/N-ethyl adjacent to an activating group) is 1. The van der Waals surface area contributed by atoms with Crippen LogP contribution < -0.4 is 5.73 Å². The van der Waals surface area contributed by atoms with Crippen LogP contribution in [0.1, 0.15) is 31.6 Å². The van der Waals surface area contributed by atoms with Gasteiger partial charge < -0.3 is 19.9 Å². The van der Waals surface area contributed by atoms with Gasteiger partial charge in [0.2, 0.25) is 5.89 Å². The molecule has 0 aromatic carbocycles. The van der Waals surface area contributed by atoms with Crippen LogP contribution in [0, 0.1) is 0 Å². The minimum Gasteiger partial charge on any atom is -0.375 e. The molecule has 1 atom stereocenters. The van der Waals surface area contributed by atoms with Gasteiger partial charge in [-0.1, -0.05) is 19.0 Å². The maximum absolute atomic E-state index is 11.9. The standard InChI is InChI=1S/C12H22F2N4O2/c1-3-18(4-2)7-9(15)12-16-11(20-17-12)5-6-19-8-10(13)14/h9-10H,3-8,15H2,1-2H3. The van der Waals surface area contributed by atoms with Crippen molar-refractivity contribution in [3.8, 4) is 0 Å². The maximum Gasteiger partial charge on any atom is 0.261 e. The molecule has 1 aromatic rings. The summed E-state index contributed by atoms with van der Waals surface area (Å²) in [6.07, 6.45) is -2.16. The van der Waals surface area contributed by atoms with Gasteiger partial charge in [0, 0.05) is 6.54 Å². The lowest BCUT2D eigenvalue weighted by Gasteiger charge is -2.20. The molecule has 20 heavy (non-hydrogen) atoms. The number of ether oxygens (including phenoxy) is 1. The zero-order chi connectivity index (χ0) is 15.0. The van der Waals surface area contributed by atoms with Crippen LogP contribution in [0.15, 0.2) is 4.52 Å². The lowest BCUT2D eigenvalue weighted by Crippen LogP contribution is -2.32. The first kappa shape index (κ1) is 16.9. The Morgan fingerprint density at radius 1 is 1.35 bits per heavy atom. The number of alkyl halides is 2. The molecule has 6 nitrogen and oxygen atoms in total. The Hall–Kier alpha value is -1.12. The molecule has 2 N–H and O–H groups in total. The zero-order valence-corrected chi connectivity index (χ0v) is 11.9. The van der Waals surface area contributed by atoms with Gasteiger partial charge >= 0.3 is 0 Å². The van der Waals surface area contributed by atoms with Crippen molar-refractivity contribution in [1.29, 1.82) is 0 Å². The molecule has 0 aliphatic heterocycles. The number of hydrogen-bond donors (Lipinski definition) is 1. The van der Waals surface area contributed by atoms with Crippen molar-refractivity contribution in [1.82, 2.24) is 15.0 Å². The van der Waals surface area contributed by atoms with Gasteiger partial charge in [-0.15, -0.1) is 0 Å². The lowest BCUT2D eigenvalue weighted by molar-refractivity contribution is 0.0171. The third kappa shape index (κ3) is 5.89. The molecule has 0 radical (unpaired) electrons. The van der Waals surface area contributed by atoms with Crippen molar-refractivity contribution >= 4 is 0 Å². The Kier molecular flexibility index (Phi) is 7.56. The Bertz CT molecular complexity index is 372. The van der Waals surface area contributed by atoms with E-state index in [1.54, 1.807) is 0 Å². The highest BCUT2D eigenvalue weighted by atomic mass is 19.3. The topological polar surface area (TPSA) is 77.4 Å². The number of hydrogen-bond acceptors (Lipinski definition) is 6. The van der Waals surface area contributed by atoms with E-state index in [1.165, 1.54) is 0 Å². The molecule has 0 fully saturated rings. The predicted octanol–water partition coefficient (Wildman–Crippen LogP) is 1.24. The molecular weight excluding hydrogens is 270 g/mol. The third-order valence-electron chi connectivity index (χ3n) is 2.87. The Morgan fingerprint density at radius 2 is 2.05 bits per heavy atom. The van der Waals surface area contributed by atoms with Crippen molar-refractivity contribution in [2.24, 2.45) is 5.73 Å². The van der Waals surface area contributed by atoms with Gasteiger partial charge in [0.1, 0.15) is 6.61 Å². The molecule has 1 heterocycles. The van der Waals surface area contributed by atoms with Crippen molar-refractivity contribution in [3.05, 3.63) is 11.7 Å². The minimum absolute atomic E-state index is 0.122. The second-order valence-corrected chi connectivity index (χ2v) is 4.35. The molecule has 0 bridgehead atoms. The van der Waals surface area contributed by atoms with Crippen LogP contribution in [-0.2, 0) is 11.2 Å². The van der Waals surface area contributed by atoms with Gasteiger partial charge in [0.05, 0.1) is 19.1 Å². The van der Waals surface area contributed by atoms with Crippen LogP contribution in [0.25, 0.3) is 0 Å². The maximum atomic E-state index is 11.9. The van der Waals surface area contributed by atoms with E-state index in [0.29, 0.717) is 24.7 Å². The largest absolute Gasteiger partial charge is 0.375 e. The summed E-state index contributed by atoms with van der Waals surface area (Å²) in [5, 5.41) is 3.81. The first-order valence-corrected chi connectivity index (χ1v) is 6.73. The van der Waals surface area contributed by atoms with Crippen LogP contribution in [0.5, 0.6) is 0 Å². The molecule has 0 aliphatic rings. The highest BCUT2D eigenvalue weighted by Crippen LogP contribution is 2.09. The van der Waals surface area contributed by atoms with Gasteiger partial charge in [-0.2, -0.15) is 4.98 Å². The summed E-state index contributed by atoms with van der Waals surface area (Å²) in [7, 11) is 0. The summed E-state index contributed by atoms with van der Waals surface area (Å²) in [5.41, 5.74) is 6.00. The molecular formula is C12H22F2N4O2. The summed E-state index contributed by atoms with van der Waals surface area (Å²) >= 11 is 0. The highest BCUT2D eigenvalue weighted by molar-refractivity contribution is 4.94. The van der Waals surface area contributed by atoms with E-state index in [-0.39, 0.29) is 12.6 Å². The van der Waals surface area contributed by atoms with Crippen molar-refractivity contribution in [2.75, 3.05) is 32.8 Å². The molecule has 0 saturated heterocycles. The van der Waals surface area contributed by atoms with Gasteiger partial charge in [-0.05, 0) is 13.1 Å². The molecule has 8 heteroatoms. The second kappa shape index (κ2) is 8.93. The molecule has 1 unspecified atom stereocenters. The van der Waals surface area contributed by atoms with E-state index in [0.717, 1.165) is 13.1 Å². The summed E-state index contributed by atoms with van der Waals surface area (Å²) in [4.78, 5) is 6.31. The number of rotatable bonds is 10. The van der Waals surface area contributed by atoms with E-state index in [9.17, 15) is 8.78 Å². The van der Waals surface area contributed by atoms with Crippen molar-refractivity contribution < 1.29 is 18.0 Å². The molecule has 116 valence electrons. The fourth-order valence-corrected chi connectivity index (χ4v) is 1.69. The number of nitrogens with two attached hydrogens (primary N) is 1. The summed E-state index contributed by atoms with van der Waals surface area (Å²) < 4.78 is 33.5. The number of aromatic nitrogens is 2. The van der Waals surface area contributed by atoms with Gasteiger partial charge in [-0.3, -0.25) is 0 Å². The first-order valence-electron chi connectivity index (χ1n) is 6.73. The average Bonchev–Trinajstić information content (AvgIpc) is 2.89. The molecule has 0 spiro atoms. The summed E-state index contributed by atoms with van der Waals surface area (Å²) in [6, 6.07) is -0.325. The van der Waals surface area contributed by atoms with Gasteiger partial charge in [-0.25, -0.2) is 8.78 Å². The SMILES string of the molecule is CCN(CC)CC(N)c1noc(CCOCC(F)F)n1. The highest BCUT2D eigenvalue weighted by Gasteiger charge is 2.16. The summed E-state index contributed by atoms with van der Waals surface area (Å²) in [5.74, 6) is 0.782. The normalized spacial score (nSPS) is 13.3. The average molecular weight is 292 g/mol. The van der Waals surface area contributed by atoms with E-state index < -0.39 is 13.0 Å². The van der Waals surface area contributed by atoms with E-state index in [4.69, 9.17) is 15.0 Å². The van der Waals surface area contributed by atoms with Crippen LogP contribution >= 0.6 is 0 Å². The van der Waals surface area contributed by atoms with Crippen molar-refractivity contribution in [3.63, 3.8) is 0 Å². The monoisotopic (exact) mass is 292 g/mol. The van der Waals surface area contributed by atoms with Crippen LogP contribution in [0.3, 0.4) is 0 Å². The molecule has 0 amide bonds. The summed E-state index contributed by atoms with van der Waals surface area (Å²) in [6.45, 7) is 6.09. The smallest absolute Gasteiger partial charge is 0.261 e. The van der Waals surface area contributed by atoms with Gasteiger partial charge in [0.15, 0.2) is 5.82 Å². The quantitative estimate of drug-likeness (QED) is 0.654. The Balaban J connectivity index is 2.38. The van der Waals surface area contributed by atoms with Crippen LogP contribution in [0.2, 0.25) is 0 Å². The van der Waals surface area contributed by atoms with Crippen LogP contribution in [0.4, 0.5) is 8.78 Å². The molecule has 1 aromatic heterocycles. The second-order valence-electron chi connectivity index (χ2n) is 4.35. The number of nitrogens with zero attached hydrogens (tertiary/aromatic N) is 3. The first-order chi connectivity index (χ1) is 9.56. The van der Waals surface area contributed by atoms with E-state index >= 15 is 0 Å². The van der Waals surface area contributed by atoms with E-state index in [1.807, 2.05) is 0 Å². The Morgan fingerprint density at radius 3 is 2.65 bits per heavy atom. The predicted molar refractivity (Wildman–Crippen MR) is 69.5 cm³/mol. The minimum atomic E-state index is -2.46. The third-order valence-corrected chi connectivity index (χ3v) is 2.87. The fraction of sp³-hybridized carbons (Fsp3) is 0.833. The van der Waals surface area contributed by atoms with Crippen LogP contribution in [-0.4, -0.2) is 54.3 Å². The molecule has 0 aliphatic carbocycles. The van der Waals surface area contributed by atoms with Gasteiger partial charge in [0.25, 0.3) is 6.43 Å². The number of halogens is 2. The lowest BCUT2D eigenvalue weighted by atomic mass is 10.2. The fourth-order valence-electron chi connectivity index (χ4n) is 1.69. The van der Waals surface area contributed by atoms with E-state index in [2.05, 4.69) is 28.9 Å². The zero-order valence-electron chi connectivity index (χ0n) is 11.9. The van der Waals surface area contributed by atoms with Crippen molar-refractivity contribution in [2.45, 2.75) is 32.7 Å². The Labute approximate surface area is 117 Å². The molecule has 0 saturated carbocycles. The molecule has 1 rings (SSSR count).